The second-order valence-corrected chi connectivity index (χ2v) is 8.11. The lowest BCUT2D eigenvalue weighted by Crippen LogP contribution is -2.15. The minimum Gasteiger partial charge on any atom is -0.399 e. The Morgan fingerprint density at radius 2 is 1.76 bits per heavy atom. The van der Waals surface area contributed by atoms with Gasteiger partial charge in [0.15, 0.2) is 0 Å². The van der Waals surface area contributed by atoms with E-state index in [-0.39, 0.29) is 4.90 Å². The summed E-state index contributed by atoms with van der Waals surface area (Å²) in [5.41, 5.74) is 8.18. The largest absolute Gasteiger partial charge is 0.399 e. The fourth-order valence-electron chi connectivity index (χ4n) is 1.90. The summed E-state index contributed by atoms with van der Waals surface area (Å²) in [6.07, 6.45) is 0. The highest BCUT2D eigenvalue weighted by Gasteiger charge is 2.19. The molecule has 0 atom stereocenters. The third-order valence-electron chi connectivity index (χ3n) is 3.11. The molecule has 2 aromatic carbocycles. The molecule has 21 heavy (non-hydrogen) atoms. The number of nitrogens with one attached hydrogen (secondary N) is 1. The van der Waals surface area contributed by atoms with E-state index in [0.29, 0.717) is 21.4 Å². The number of hydrogen-bond donors (Lipinski definition) is 2. The van der Waals surface area contributed by atoms with Gasteiger partial charge in [-0.25, -0.2) is 8.42 Å². The average molecular weight is 434 g/mol. The Morgan fingerprint density at radius 1 is 1.10 bits per heavy atom. The number of rotatable bonds is 3. The van der Waals surface area contributed by atoms with Crippen molar-refractivity contribution in [1.82, 2.24) is 0 Å². The molecule has 0 spiro atoms. The third kappa shape index (κ3) is 3.59. The summed E-state index contributed by atoms with van der Waals surface area (Å²) in [5.74, 6) is 0. The fourth-order valence-corrected chi connectivity index (χ4v) is 4.62. The first-order valence-electron chi connectivity index (χ1n) is 6.05. The number of anilines is 2. The van der Waals surface area contributed by atoms with E-state index >= 15 is 0 Å². The van der Waals surface area contributed by atoms with Gasteiger partial charge >= 0.3 is 0 Å². The lowest BCUT2D eigenvalue weighted by atomic mass is 10.1. The predicted octanol–water partition coefficient (Wildman–Crippen LogP) is 4.21. The molecule has 0 radical (unpaired) electrons. The molecule has 0 fully saturated rings. The van der Waals surface area contributed by atoms with Crippen LogP contribution in [-0.4, -0.2) is 8.42 Å². The van der Waals surface area contributed by atoms with E-state index in [1.165, 1.54) is 6.07 Å². The molecule has 3 N–H and O–H groups in total. The Kier molecular flexibility index (Phi) is 4.65. The quantitative estimate of drug-likeness (QED) is 0.712. The van der Waals surface area contributed by atoms with Crippen molar-refractivity contribution in [1.29, 1.82) is 0 Å². The van der Waals surface area contributed by atoms with Crippen LogP contribution in [0.1, 0.15) is 11.1 Å². The van der Waals surface area contributed by atoms with Crippen molar-refractivity contribution >= 4 is 53.3 Å². The highest BCUT2D eigenvalue weighted by Crippen LogP contribution is 2.30. The SMILES string of the molecule is Cc1cc(N)cc(S(=O)(=O)Nc2ccc(Br)cc2Br)c1C. The van der Waals surface area contributed by atoms with Gasteiger partial charge in [0.1, 0.15) is 0 Å². The molecule has 0 bridgehead atoms. The Hall–Kier alpha value is -1.05. The molecular weight excluding hydrogens is 420 g/mol. The minimum absolute atomic E-state index is 0.190. The van der Waals surface area contributed by atoms with E-state index < -0.39 is 10.0 Å². The number of halogens is 2. The smallest absolute Gasteiger partial charge is 0.262 e. The van der Waals surface area contributed by atoms with Crippen molar-refractivity contribution < 1.29 is 8.42 Å². The number of hydrogen-bond acceptors (Lipinski definition) is 3. The standard InChI is InChI=1S/C14H14Br2N2O2S/c1-8-5-11(17)7-14(9(8)2)21(19,20)18-13-4-3-10(15)6-12(13)16/h3-7,18H,17H2,1-2H3. The Morgan fingerprint density at radius 3 is 2.38 bits per heavy atom. The highest BCUT2D eigenvalue weighted by atomic mass is 79.9. The van der Waals surface area contributed by atoms with Crippen molar-refractivity contribution in [2.45, 2.75) is 18.7 Å². The predicted molar refractivity (Wildman–Crippen MR) is 93.0 cm³/mol. The molecule has 0 aliphatic rings. The van der Waals surface area contributed by atoms with Crippen LogP contribution in [0.4, 0.5) is 11.4 Å². The van der Waals surface area contributed by atoms with Crippen LogP contribution in [0.3, 0.4) is 0 Å². The van der Waals surface area contributed by atoms with Gasteiger partial charge < -0.3 is 5.73 Å². The molecule has 0 aromatic heterocycles. The first-order valence-corrected chi connectivity index (χ1v) is 9.12. The lowest BCUT2D eigenvalue weighted by Gasteiger charge is -2.14. The summed E-state index contributed by atoms with van der Waals surface area (Å²) in [6, 6.07) is 8.44. The first kappa shape index (κ1) is 16.3. The molecule has 7 heteroatoms. The highest BCUT2D eigenvalue weighted by molar-refractivity contribution is 9.11. The van der Waals surface area contributed by atoms with Gasteiger partial charge in [0, 0.05) is 14.6 Å². The molecule has 0 saturated heterocycles. The Balaban J connectivity index is 2.48. The zero-order valence-electron chi connectivity index (χ0n) is 11.4. The lowest BCUT2D eigenvalue weighted by molar-refractivity contribution is 0.600. The van der Waals surface area contributed by atoms with Crippen LogP contribution in [-0.2, 0) is 10.0 Å². The Labute approximate surface area is 141 Å². The summed E-state index contributed by atoms with van der Waals surface area (Å²) in [7, 11) is -3.70. The second-order valence-electron chi connectivity index (χ2n) is 4.69. The summed E-state index contributed by atoms with van der Waals surface area (Å²) in [4.78, 5) is 0.190. The molecule has 4 nitrogen and oxygen atoms in total. The molecule has 112 valence electrons. The normalized spacial score (nSPS) is 11.4. The van der Waals surface area contributed by atoms with Gasteiger partial charge in [0.25, 0.3) is 10.0 Å². The van der Waals surface area contributed by atoms with Crippen molar-refractivity contribution in [2.24, 2.45) is 0 Å². The summed E-state index contributed by atoms with van der Waals surface area (Å²) < 4.78 is 29.2. The second kappa shape index (κ2) is 5.98. The molecule has 0 unspecified atom stereocenters. The number of nitrogens with two attached hydrogens (primary N) is 1. The van der Waals surface area contributed by atoms with E-state index in [9.17, 15) is 8.42 Å². The van der Waals surface area contributed by atoms with Crippen LogP contribution >= 0.6 is 31.9 Å². The zero-order chi connectivity index (χ0) is 15.8. The van der Waals surface area contributed by atoms with Crippen molar-refractivity contribution in [2.75, 3.05) is 10.5 Å². The number of benzene rings is 2. The fraction of sp³-hybridized carbons (Fsp3) is 0.143. The minimum atomic E-state index is -3.70. The molecule has 0 heterocycles. The molecule has 0 amide bonds. The summed E-state index contributed by atoms with van der Waals surface area (Å²) in [5, 5.41) is 0. The monoisotopic (exact) mass is 432 g/mol. The Bertz CT molecular complexity index is 805. The van der Waals surface area contributed by atoms with E-state index in [4.69, 9.17) is 5.73 Å². The third-order valence-corrected chi connectivity index (χ3v) is 5.75. The van der Waals surface area contributed by atoms with Gasteiger partial charge in [-0.2, -0.15) is 0 Å². The maximum absolute atomic E-state index is 12.6. The summed E-state index contributed by atoms with van der Waals surface area (Å²) >= 11 is 6.67. The van der Waals surface area contributed by atoms with E-state index in [1.54, 1.807) is 31.2 Å². The molecule has 2 aromatic rings. The van der Waals surface area contributed by atoms with Gasteiger partial charge in [-0.15, -0.1) is 0 Å². The van der Waals surface area contributed by atoms with Crippen LogP contribution in [0.2, 0.25) is 0 Å². The molecule has 2 rings (SSSR count). The van der Waals surface area contributed by atoms with Gasteiger partial charge in [-0.3, -0.25) is 4.72 Å². The number of nitrogen functional groups attached to an aromatic ring is 1. The van der Waals surface area contributed by atoms with Gasteiger partial charge in [0.2, 0.25) is 0 Å². The van der Waals surface area contributed by atoms with Gasteiger partial charge in [0.05, 0.1) is 10.6 Å². The number of sulfonamides is 1. The van der Waals surface area contributed by atoms with Crippen LogP contribution in [0, 0.1) is 13.8 Å². The van der Waals surface area contributed by atoms with E-state index in [2.05, 4.69) is 36.6 Å². The topological polar surface area (TPSA) is 72.2 Å². The maximum atomic E-state index is 12.6. The summed E-state index contributed by atoms with van der Waals surface area (Å²) in [6.45, 7) is 3.60. The molecular formula is C14H14Br2N2O2S. The molecule has 0 aliphatic carbocycles. The van der Waals surface area contributed by atoms with Crippen LogP contribution in [0.15, 0.2) is 44.2 Å². The molecule has 0 aliphatic heterocycles. The maximum Gasteiger partial charge on any atom is 0.262 e. The van der Waals surface area contributed by atoms with Gasteiger partial charge in [-0.1, -0.05) is 15.9 Å². The van der Waals surface area contributed by atoms with Crippen LogP contribution in [0.25, 0.3) is 0 Å². The molecule has 0 saturated carbocycles. The van der Waals surface area contributed by atoms with E-state index in [1.807, 2.05) is 6.92 Å². The van der Waals surface area contributed by atoms with Crippen LogP contribution < -0.4 is 10.5 Å². The van der Waals surface area contributed by atoms with Gasteiger partial charge in [-0.05, 0) is 71.2 Å². The van der Waals surface area contributed by atoms with E-state index in [0.717, 1.165) is 10.0 Å². The van der Waals surface area contributed by atoms with Crippen molar-refractivity contribution in [3.8, 4) is 0 Å². The van der Waals surface area contributed by atoms with Crippen molar-refractivity contribution in [3.05, 3.63) is 50.4 Å². The van der Waals surface area contributed by atoms with Crippen LogP contribution in [0.5, 0.6) is 0 Å². The number of aryl methyl sites for hydroxylation is 1. The average Bonchev–Trinajstić information content (AvgIpc) is 2.37. The first-order chi connectivity index (χ1) is 9.70. The zero-order valence-corrected chi connectivity index (χ0v) is 15.4. The van der Waals surface area contributed by atoms with Crippen molar-refractivity contribution in [3.63, 3.8) is 0 Å².